The van der Waals surface area contributed by atoms with E-state index < -0.39 is 10.0 Å². The van der Waals surface area contributed by atoms with Gasteiger partial charge >= 0.3 is 0 Å². The predicted molar refractivity (Wildman–Crippen MR) is 118 cm³/mol. The van der Waals surface area contributed by atoms with Crippen molar-refractivity contribution in [1.82, 2.24) is 4.31 Å². The maximum absolute atomic E-state index is 13.1. The Hall–Kier alpha value is -2.42. The molecular weight excluding hydrogens is 416 g/mol. The molecule has 2 aromatic rings. The molecule has 0 aromatic heterocycles. The number of fused-ring (bicyclic) bond motifs is 1. The first-order valence-corrected chi connectivity index (χ1v) is 12.0. The van der Waals surface area contributed by atoms with Crippen LogP contribution in [0.5, 0.6) is 5.75 Å². The van der Waals surface area contributed by atoms with E-state index in [2.05, 4.69) is 6.07 Å². The molecule has 2 heterocycles. The highest BCUT2D eigenvalue weighted by molar-refractivity contribution is 7.89. The second-order valence-electron chi connectivity index (χ2n) is 7.94. The fourth-order valence-electron chi connectivity index (χ4n) is 4.35. The molecule has 1 atom stereocenters. The van der Waals surface area contributed by atoms with E-state index in [1.54, 1.807) is 25.3 Å². The maximum Gasteiger partial charge on any atom is 0.243 e. The normalized spacial score (nSPS) is 19.3. The molecule has 166 valence electrons. The van der Waals surface area contributed by atoms with Gasteiger partial charge in [-0.3, -0.25) is 4.79 Å². The predicted octanol–water partition coefficient (Wildman–Crippen LogP) is 2.63. The summed E-state index contributed by atoms with van der Waals surface area (Å²) < 4.78 is 38.2. The van der Waals surface area contributed by atoms with Crippen LogP contribution in [0.15, 0.2) is 47.4 Å². The number of sulfonamides is 1. The minimum absolute atomic E-state index is 0.0287. The number of methoxy groups -OCH3 is 1. The van der Waals surface area contributed by atoms with Crippen molar-refractivity contribution in [2.75, 3.05) is 38.3 Å². The van der Waals surface area contributed by atoms with E-state index in [0.29, 0.717) is 44.0 Å². The van der Waals surface area contributed by atoms with E-state index in [0.717, 1.165) is 12.1 Å². The number of rotatable bonds is 6. The first-order chi connectivity index (χ1) is 14.9. The van der Waals surface area contributed by atoms with Gasteiger partial charge in [0.05, 0.1) is 25.2 Å². The van der Waals surface area contributed by atoms with Crippen LogP contribution in [0.4, 0.5) is 5.69 Å². The third kappa shape index (κ3) is 4.33. The lowest BCUT2D eigenvalue weighted by Crippen LogP contribution is -2.40. The van der Waals surface area contributed by atoms with E-state index in [1.165, 1.54) is 9.87 Å². The van der Waals surface area contributed by atoms with Crippen molar-refractivity contribution in [3.05, 3.63) is 53.6 Å². The van der Waals surface area contributed by atoms with Crippen molar-refractivity contribution >= 4 is 21.6 Å². The summed E-state index contributed by atoms with van der Waals surface area (Å²) >= 11 is 0. The summed E-state index contributed by atoms with van der Waals surface area (Å²) in [5, 5.41) is 0. The number of carbonyl (C=O) groups is 1. The van der Waals surface area contributed by atoms with Crippen LogP contribution in [-0.2, 0) is 32.4 Å². The summed E-state index contributed by atoms with van der Waals surface area (Å²) in [7, 11) is -2.06. The third-order valence-electron chi connectivity index (χ3n) is 5.94. The summed E-state index contributed by atoms with van der Waals surface area (Å²) in [6, 6.07) is 13.0. The van der Waals surface area contributed by atoms with Gasteiger partial charge in [0.15, 0.2) is 0 Å². The van der Waals surface area contributed by atoms with Crippen LogP contribution in [0, 0.1) is 0 Å². The molecule has 0 saturated carbocycles. The highest BCUT2D eigenvalue weighted by Gasteiger charge is 2.31. The summed E-state index contributed by atoms with van der Waals surface area (Å²) in [4.78, 5) is 15.1. The molecule has 1 saturated heterocycles. The minimum atomic E-state index is -3.61. The van der Waals surface area contributed by atoms with Crippen LogP contribution in [-0.4, -0.2) is 58.1 Å². The topological polar surface area (TPSA) is 76.1 Å². The molecule has 0 aliphatic carbocycles. The molecule has 1 unspecified atom stereocenters. The van der Waals surface area contributed by atoms with Crippen LogP contribution in [0.3, 0.4) is 0 Å². The third-order valence-corrected chi connectivity index (χ3v) is 7.84. The fraction of sp³-hybridized carbons (Fsp3) is 0.435. The Morgan fingerprint density at radius 3 is 2.65 bits per heavy atom. The van der Waals surface area contributed by atoms with E-state index in [9.17, 15) is 13.2 Å². The number of benzene rings is 2. The van der Waals surface area contributed by atoms with E-state index in [4.69, 9.17) is 9.47 Å². The number of hydrogen-bond donors (Lipinski definition) is 0. The maximum atomic E-state index is 13.1. The van der Waals surface area contributed by atoms with Crippen LogP contribution in [0.1, 0.15) is 24.5 Å². The average molecular weight is 445 g/mol. The summed E-state index contributed by atoms with van der Waals surface area (Å²) in [5.41, 5.74) is 2.86. The van der Waals surface area contributed by atoms with Gasteiger partial charge < -0.3 is 14.4 Å². The SMILES string of the molecule is COc1ccc(S(=O)(=O)N2CCOCC2)cc1CCC(=O)N1c2ccccc2CC1C. The van der Waals surface area contributed by atoms with Crippen molar-refractivity contribution < 1.29 is 22.7 Å². The van der Waals surface area contributed by atoms with Crippen molar-refractivity contribution in [2.24, 2.45) is 0 Å². The van der Waals surface area contributed by atoms with Crippen molar-refractivity contribution in [3.63, 3.8) is 0 Å². The summed E-state index contributed by atoms with van der Waals surface area (Å²) in [6.45, 7) is 3.52. The van der Waals surface area contributed by atoms with Crippen LogP contribution < -0.4 is 9.64 Å². The largest absolute Gasteiger partial charge is 0.496 e. The number of hydrogen-bond acceptors (Lipinski definition) is 5. The molecule has 4 rings (SSSR count). The molecule has 7 nitrogen and oxygen atoms in total. The number of aryl methyl sites for hydroxylation is 1. The second-order valence-corrected chi connectivity index (χ2v) is 9.87. The average Bonchev–Trinajstić information content (AvgIpc) is 3.13. The number of para-hydroxylation sites is 1. The Morgan fingerprint density at radius 2 is 1.90 bits per heavy atom. The molecule has 31 heavy (non-hydrogen) atoms. The Balaban J connectivity index is 1.53. The zero-order valence-electron chi connectivity index (χ0n) is 17.9. The molecule has 2 aromatic carbocycles. The number of anilines is 1. The Morgan fingerprint density at radius 1 is 1.16 bits per heavy atom. The zero-order chi connectivity index (χ0) is 22.0. The lowest BCUT2D eigenvalue weighted by molar-refractivity contribution is -0.118. The van der Waals surface area contributed by atoms with Crippen LogP contribution >= 0.6 is 0 Å². The van der Waals surface area contributed by atoms with Gasteiger partial charge in [0.1, 0.15) is 5.75 Å². The summed E-state index contributed by atoms with van der Waals surface area (Å²) in [5.74, 6) is 0.615. The highest BCUT2D eigenvalue weighted by atomic mass is 32.2. The van der Waals surface area contributed by atoms with Gasteiger partial charge in [-0.15, -0.1) is 0 Å². The number of nitrogens with zero attached hydrogens (tertiary/aromatic N) is 2. The van der Waals surface area contributed by atoms with Gasteiger partial charge in [-0.05, 0) is 55.2 Å². The number of ether oxygens (including phenoxy) is 2. The smallest absolute Gasteiger partial charge is 0.243 e. The van der Waals surface area contributed by atoms with Crippen LogP contribution in [0.2, 0.25) is 0 Å². The molecule has 0 N–H and O–H groups in total. The van der Waals surface area contributed by atoms with E-state index in [1.807, 2.05) is 30.0 Å². The fourth-order valence-corrected chi connectivity index (χ4v) is 5.81. The first-order valence-electron chi connectivity index (χ1n) is 10.6. The van der Waals surface area contributed by atoms with Gasteiger partial charge in [0.2, 0.25) is 15.9 Å². The quantitative estimate of drug-likeness (QED) is 0.685. The Kier molecular flexibility index (Phi) is 6.31. The van der Waals surface area contributed by atoms with E-state index >= 15 is 0 Å². The molecular formula is C23H28N2O5S. The van der Waals surface area contributed by atoms with Crippen molar-refractivity contribution in [2.45, 2.75) is 37.1 Å². The van der Waals surface area contributed by atoms with Gasteiger partial charge in [0, 0.05) is 31.2 Å². The highest BCUT2D eigenvalue weighted by Crippen LogP contribution is 2.33. The minimum Gasteiger partial charge on any atom is -0.496 e. The number of morpholine rings is 1. The number of carbonyl (C=O) groups excluding carboxylic acids is 1. The first kappa shape index (κ1) is 21.8. The standard InChI is InChI=1S/C23H28N2O5S/c1-17-15-18-5-3-4-6-21(18)25(17)23(26)10-7-19-16-20(8-9-22(19)29-2)31(27,28)24-11-13-30-14-12-24/h3-6,8-9,16-17H,7,10-15H2,1-2H3. The Labute approximate surface area is 183 Å². The van der Waals surface area contributed by atoms with Crippen LogP contribution in [0.25, 0.3) is 0 Å². The van der Waals surface area contributed by atoms with E-state index in [-0.39, 0.29) is 23.3 Å². The molecule has 0 radical (unpaired) electrons. The zero-order valence-corrected chi connectivity index (χ0v) is 18.7. The molecule has 0 bridgehead atoms. The second kappa shape index (κ2) is 8.98. The molecule has 1 fully saturated rings. The molecule has 2 aliphatic rings. The van der Waals surface area contributed by atoms with Gasteiger partial charge in [-0.25, -0.2) is 8.42 Å². The lowest BCUT2D eigenvalue weighted by Gasteiger charge is -2.26. The lowest BCUT2D eigenvalue weighted by atomic mass is 10.1. The van der Waals surface area contributed by atoms with Crippen molar-refractivity contribution in [3.8, 4) is 5.75 Å². The van der Waals surface area contributed by atoms with Gasteiger partial charge in [-0.2, -0.15) is 4.31 Å². The molecule has 0 spiro atoms. The Bertz CT molecular complexity index is 1060. The summed E-state index contributed by atoms with van der Waals surface area (Å²) in [6.07, 6.45) is 1.52. The molecule has 2 aliphatic heterocycles. The monoisotopic (exact) mass is 444 g/mol. The van der Waals surface area contributed by atoms with Gasteiger partial charge in [-0.1, -0.05) is 18.2 Å². The van der Waals surface area contributed by atoms with Crippen molar-refractivity contribution in [1.29, 1.82) is 0 Å². The molecule has 1 amide bonds. The number of amides is 1. The molecule has 8 heteroatoms. The van der Waals surface area contributed by atoms with Gasteiger partial charge in [0.25, 0.3) is 0 Å².